The van der Waals surface area contributed by atoms with Gasteiger partial charge in [0.15, 0.2) is 11.6 Å². The summed E-state index contributed by atoms with van der Waals surface area (Å²) in [7, 11) is 1.34. The summed E-state index contributed by atoms with van der Waals surface area (Å²) < 4.78 is 18.9. The highest BCUT2D eigenvalue weighted by Gasteiger charge is 2.10. The van der Waals surface area contributed by atoms with Gasteiger partial charge < -0.3 is 15.4 Å². The molecule has 0 spiro atoms. The minimum atomic E-state index is -0.466. The maximum Gasteiger partial charge on any atom is 0.330 e. The van der Waals surface area contributed by atoms with Crippen molar-refractivity contribution in [3.63, 3.8) is 0 Å². The molecule has 0 aliphatic heterocycles. The number of nitrogens with one attached hydrogen (secondary N) is 2. The van der Waals surface area contributed by atoms with Crippen LogP contribution >= 0.6 is 11.6 Å². The van der Waals surface area contributed by atoms with Crippen molar-refractivity contribution >= 4 is 46.7 Å². The van der Waals surface area contributed by atoms with Gasteiger partial charge in [-0.1, -0.05) is 11.6 Å². The van der Waals surface area contributed by atoms with Crippen LogP contribution in [0.5, 0.6) is 0 Å². The number of halogens is 2. The van der Waals surface area contributed by atoms with Gasteiger partial charge in [-0.2, -0.15) is 0 Å². The molecule has 154 valence electrons. The number of hydrogen-bond acceptors (Lipinski definition) is 5. The molecule has 3 aromatic rings. The molecule has 0 bridgehead atoms. The molecule has 1 heterocycles. The van der Waals surface area contributed by atoms with E-state index < -0.39 is 11.8 Å². The van der Waals surface area contributed by atoms with Gasteiger partial charge in [-0.05, 0) is 85.1 Å². The number of nitrogens with zero attached hydrogens (tertiary/aromatic N) is 1. The number of esters is 1. The van der Waals surface area contributed by atoms with Crippen molar-refractivity contribution in [2.75, 3.05) is 17.7 Å². The molecule has 3 rings (SSSR count). The summed E-state index contributed by atoms with van der Waals surface area (Å²) in [6.07, 6.45) is 3.07. The third-order valence-corrected chi connectivity index (χ3v) is 4.63. The Bertz CT molecular complexity index is 1080. The zero-order chi connectivity index (χ0) is 21.7. The van der Waals surface area contributed by atoms with Gasteiger partial charge >= 0.3 is 5.97 Å². The molecule has 1 aromatic heterocycles. The van der Waals surface area contributed by atoms with E-state index in [0.29, 0.717) is 16.5 Å². The van der Waals surface area contributed by atoms with Crippen LogP contribution in [0.25, 0.3) is 6.08 Å². The molecule has 0 atom stereocenters. The quantitative estimate of drug-likeness (QED) is 0.365. The minimum absolute atomic E-state index is 0.107. The molecule has 2 aromatic carbocycles. The number of aromatic nitrogens is 1. The fraction of sp³-hybridized carbons (Fsp3) is 0.130. The first kappa shape index (κ1) is 21.3. The van der Waals surface area contributed by atoms with Crippen LogP contribution < -0.4 is 10.6 Å². The van der Waals surface area contributed by atoms with Gasteiger partial charge in [0.2, 0.25) is 0 Å². The number of anilines is 4. The minimum Gasteiger partial charge on any atom is -0.466 e. The van der Waals surface area contributed by atoms with Gasteiger partial charge in [-0.15, -0.1) is 0 Å². The van der Waals surface area contributed by atoms with Crippen LogP contribution in [-0.4, -0.2) is 18.1 Å². The fourth-order valence-corrected chi connectivity index (χ4v) is 3.05. The molecule has 0 unspecified atom stereocenters. The zero-order valence-electron chi connectivity index (χ0n) is 16.8. The highest BCUT2D eigenvalue weighted by Crippen LogP contribution is 2.28. The van der Waals surface area contributed by atoms with Gasteiger partial charge in [0.05, 0.1) is 7.11 Å². The van der Waals surface area contributed by atoms with Crippen molar-refractivity contribution in [2.24, 2.45) is 0 Å². The number of hydrogen-bond donors (Lipinski definition) is 2. The molecule has 0 amide bonds. The predicted molar refractivity (Wildman–Crippen MR) is 119 cm³/mol. The van der Waals surface area contributed by atoms with E-state index in [9.17, 15) is 9.18 Å². The van der Waals surface area contributed by atoms with Crippen LogP contribution in [0.4, 0.5) is 27.4 Å². The molecule has 0 aliphatic rings. The second-order valence-electron chi connectivity index (χ2n) is 6.67. The number of aryl methyl sites for hydroxylation is 2. The van der Waals surface area contributed by atoms with Crippen LogP contribution in [0.3, 0.4) is 0 Å². The van der Waals surface area contributed by atoms with Crippen LogP contribution in [0.2, 0.25) is 5.02 Å². The molecule has 0 radical (unpaired) electrons. The number of methoxy groups -OCH3 is 1. The standard InChI is InChI=1S/C23H21ClFN3O2/c1-14-12-16(4-11-21(29)30-3)13-15(2)22(14)27-20-10-9-19(25)23(28-20)26-18-7-5-17(24)6-8-18/h4-13H,1-3H3,(H2,26,27,28)/b11-4+. The van der Waals surface area contributed by atoms with Crippen molar-refractivity contribution in [2.45, 2.75) is 13.8 Å². The van der Waals surface area contributed by atoms with Crippen molar-refractivity contribution < 1.29 is 13.9 Å². The van der Waals surface area contributed by atoms with E-state index in [2.05, 4.69) is 20.4 Å². The topological polar surface area (TPSA) is 63.2 Å². The Balaban J connectivity index is 1.83. The van der Waals surface area contributed by atoms with E-state index in [1.807, 2.05) is 26.0 Å². The van der Waals surface area contributed by atoms with Crippen LogP contribution in [0, 0.1) is 19.7 Å². The molecule has 0 saturated heterocycles. The number of benzene rings is 2. The Kier molecular flexibility index (Phi) is 6.69. The van der Waals surface area contributed by atoms with Crippen LogP contribution in [0.1, 0.15) is 16.7 Å². The second-order valence-corrected chi connectivity index (χ2v) is 7.11. The number of ether oxygens (including phenoxy) is 1. The Labute approximate surface area is 179 Å². The maximum absolute atomic E-state index is 14.2. The van der Waals surface area contributed by atoms with Crippen molar-refractivity contribution in [1.82, 2.24) is 4.98 Å². The maximum atomic E-state index is 14.2. The van der Waals surface area contributed by atoms with Gasteiger partial charge in [0, 0.05) is 22.5 Å². The van der Waals surface area contributed by atoms with E-state index in [1.54, 1.807) is 36.4 Å². The van der Waals surface area contributed by atoms with Crippen molar-refractivity contribution in [3.05, 3.63) is 82.1 Å². The smallest absolute Gasteiger partial charge is 0.330 e. The first-order valence-electron chi connectivity index (χ1n) is 9.19. The molecule has 5 nitrogen and oxygen atoms in total. The highest BCUT2D eigenvalue weighted by atomic mass is 35.5. The first-order valence-corrected chi connectivity index (χ1v) is 9.57. The van der Waals surface area contributed by atoms with E-state index >= 15 is 0 Å². The normalized spacial score (nSPS) is 10.8. The third-order valence-electron chi connectivity index (χ3n) is 4.37. The monoisotopic (exact) mass is 425 g/mol. The molecular weight excluding hydrogens is 405 g/mol. The fourth-order valence-electron chi connectivity index (χ4n) is 2.92. The molecule has 0 fully saturated rings. The summed E-state index contributed by atoms with van der Waals surface area (Å²) in [6, 6.07) is 13.7. The average Bonchev–Trinajstić information content (AvgIpc) is 2.72. The molecule has 0 saturated carbocycles. The molecule has 7 heteroatoms. The number of pyridine rings is 1. The van der Waals surface area contributed by atoms with E-state index in [-0.39, 0.29) is 5.82 Å². The molecule has 2 N–H and O–H groups in total. The van der Waals surface area contributed by atoms with Crippen LogP contribution in [0.15, 0.2) is 54.6 Å². The van der Waals surface area contributed by atoms with Crippen molar-refractivity contribution in [1.29, 1.82) is 0 Å². The summed E-state index contributed by atoms with van der Waals surface area (Å²) in [4.78, 5) is 15.7. The van der Waals surface area contributed by atoms with Gasteiger partial charge in [0.1, 0.15) is 5.82 Å². The van der Waals surface area contributed by atoms with Gasteiger partial charge in [-0.25, -0.2) is 14.2 Å². The summed E-state index contributed by atoms with van der Waals surface area (Å²) in [5.74, 6) is -0.275. The lowest BCUT2D eigenvalue weighted by Crippen LogP contribution is -2.03. The molecule has 30 heavy (non-hydrogen) atoms. The van der Waals surface area contributed by atoms with Crippen LogP contribution in [-0.2, 0) is 9.53 Å². The summed E-state index contributed by atoms with van der Waals surface area (Å²) in [6.45, 7) is 3.89. The number of rotatable bonds is 6. The Morgan fingerprint density at radius 3 is 2.37 bits per heavy atom. The SMILES string of the molecule is COC(=O)/C=C/c1cc(C)c(Nc2ccc(F)c(Nc3ccc(Cl)cc3)n2)c(C)c1. The number of carbonyl (C=O) groups excluding carboxylic acids is 1. The van der Waals surface area contributed by atoms with E-state index in [0.717, 1.165) is 22.4 Å². The lowest BCUT2D eigenvalue weighted by atomic mass is 10.0. The van der Waals surface area contributed by atoms with E-state index in [1.165, 1.54) is 19.3 Å². The van der Waals surface area contributed by atoms with E-state index in [4.69, 9.17) is 11.6 Å². The second kappa shape index (κ2) is 9.41. The Hall–Kier alpha value is -3.38. The van der Waals surface area contributed by atoms with Crippen molar-refractivity contribution in [3.8, 4) is 0 Å². The predicted octanol–water partition coefficient (Wildman–Crippen LogP) is 6.16. The number of carbonyl (C=O) groups is 1. The molecule has 0 aliphatic carbocycles. The summed E-state index contributed by atoms with van der Waals surface area (Å²) >= 11 is 5.89. The average molecular weight is 426 g/mol. The largest absolute Gasteiger partial charge is 0.466 e. The summed E-state index contributed by atoms with van der Waals surface area (Å²) in [5.41, 5.74) is 4.33. The summed E-state index contributed by atoms with van der Waals surface area (Å²) in [5, 5.41) is 6.81. The Morgan fingerprint density at radius 1 is 1.07 bits per heavy atom. The lowest BCUT2D eigenvalue weighted by molar-refractivity contribution is -0.134. The third kappa shape index (κ3) is 5.36. The first-order chi connectivity index (χ1) is 14.4. The zero-order valence-corrected chi connectivity index (χ0v) is 17.5. The Morgan fingerprint density at radius 2 is 1.73 bits per heavy atom. The van der Waals surface area contributed by atoms with Gasteiger partial charge in [-0.3, -0.25) is 0 Å². The highest BCUT2D eigenvalue weighted by molar-refractivity contribution is 6.30. The lowest BCUT2D eigenvalue weighted by Gasteiger charge is -2.15. The molecular formula is C23H21ClFN3O2. The van der Waals surface area contributed by atoms with Gasteiger partial charge in [0.25, 0.3) is 0 Å².